The Balaban J connectivity index is 2.11. The normalized spacial score (nSPS) is 10.4. The Morgan fingerprint density at radius 1 is 0.619 bits per heavy atom. The highest BCUT2D eigenvalue weighted by atomic mass is 127. The van der Waals surface area contributed by atoms with Crippen LogP contribution in [-0.2, 0) is 0 Å². The molecule has 0 bridgehead atoms. The number of hydrogen-bond acceptors (Lipinski definition) is 1. The molecule has 0 aliphatic rings. The maximum Gasteiger partial charge on any atom is 0.0462 e. The lowest BCUT2D eigenvalue weighted by Crippen LogP contribution is -2.09. The van der Waals surface area contributed by atoms with E-state index >= 15 is 0 Å². The highest BCUT2D eigenvalue weighted by Crippen LogP contribution is 2.34. The summed E-state index contributed by atoms with van der Waals surface area (Å²) in [5, 5.41) is 0. The lowest BCUT2D eigenvalue weighted by molar-refractivity contribution is 1.27. The first-order valence-corrected chi connectivity index (χ1v) is 7.99. The molecule has 2 heteroatoms. The van der Waals surface area contributed by atoms with Gasteiger partial charge < -0.3 is 4.90 Å². The summed E-state index contributed by atoms with van der Waals surface area (Å²) in [6.45, 7) is 2.11. The van der Waals surface area contributed by atoms with Gasteiger partial charge in [0.2, 0.25) is 0 Å². The van der Waals surface area contributed by atoms with Gasteiger partial charge in [0.1, 0.15) is 0 Å². The summed E-state index contributed by atoms with van der Waals surface area (Å²) < 4.78 is 1.24. The number of halogens is 1. The van der Waals surface area contributed by atoms with E-state index < -0.39 is 0 Å². The fourth-order valence-electron chi connectivity index (χ4n) is 2.31. The molecule has 0 heterocycles. The monoisotopic (exact) mass is 385 g/mol. The van der Waals surface area contributed by atoms with Crippen molar-refractivity contribution in [3.05, 3.63) is 88.0 Å². The van der Waals surface area contributed by atoms with Gasteiger partial charge in [0.05, 0.1) is 0 Å². The Labute approximate surface area is 139 Å². The van der Waals surface area contributed by atoms with Gasteiger partial charge in [-0.25, -0.2) is 0 Å². The molecule has 0 aliphatic carbocycles. The Kier molecular flexibility index (Phi) is 4.25. The molecule has 0 spiro atoms. The van der Waals surface area contributed by atoms with Gasteiger partial charge in [0.25, 0.3) is 0 Å². The SMILES string of the molecule is Cc1ccc(N(c2ccccc2)c2ccc(I)cc2)cc1. The van der Waals surface area contributed by atoms with Crippen LogP contribution in [0.1, 0.15) is 5.56 Å². The van der Waals surface area contributed by atoms with Crippen LogP contribution in [0.25, 0.3) is 0 Å². The largest absolute Gasteiger partial charge is 0.311 e. The molecule has 0 unspecified atom stereocenters. The average Bonchev–Trinajstić information content (AvgIpc) is 2.52. The molecule has 3 rings (SSSR count). The number of anilines is 3. The van der Waals surface area contributed by atoms with E-state index in [2.05, 4.69) is 107 Å². The first kappa shape index (κ1) is 14.1. The second-order valence-corrected chi connectivity index (χ2v) is 6.23. The van der Waals surface area contributed by atoms with Crippen LogP contribution in [0.3, 0.4) is 0 Å². The first-order chi connectivity index (χ1) is 10.2. The molecule has 0 amide bonds. The van der Waals surface area contributed by atoms with Gasteiger partial charge >= 0.3 is 0 Å². The molecule has 0 saturated heterocycles. The lowest BCUT2D eigenvalue weighted by atomic mass is 10.1. The highest BCUT2D eigenvalue weighted by Gasteiger charge is 2.11. The lowest BCUT2D eigenvalue weighted by Gasteiger charge is -2.25. The average molecular weight is 385 g/mol. The predicted molar refractivity (Wildman–Crippen MR) is 98.6 cm³/mol. The third-order valence-corrected chi connectivity index (χ3v) is 4.11. The topological polar surface area (TPSA) is 3.24 Å². The quantitative estimate of drug-likeness (QED) is 0.495. The molecular weight excluding hydrogens is 369 g/mol. The summed E-state index contributed by atoms with van der Waals surface area (Å²) in [6.07, 6.45) is 0. The van der Waals surface area contributed by atoms with Crippen LogP contribution >= 0.6 is 22.6 Å². The van der Waals surface area contributed by atoms with Crippen LogP contribution in [0.4, 0.5) is 17.1 Å². The van der Waals surface area contributed by atoms with E-state index in [0.717, 1.165) is 0 Å². The van der Waals surface area contributed by atoms with Crippen LogP contribution in [0.5, 0.6) is 0 Å². The van der Waals surface area contributed by atoms with Gasteiger partial charge in [-0.1, -0.05) is 35.9 Å². The van der Waals surface area contributed by atoms with E-state index in [1.165, 1.54) is 26.2 Å². The first-order valence-electron chi connectivity index (χ1n) is 6.91. The predicted octanol–water partition coefficient (Wildman–Crippen LogP) is 6.07. The van der Waals surface area contributed by atoms with Crippen molar-refractivity contribution in [2.45, 2.75) is 6.92 Å². The van der Waals surface area contributed by atoms with Crippen molar-refractivity contribution >= 4 is 39.7 Å². The Hall–Kier alpha value is -1.81. The minimum absolute atomic E-state index is 1.17. The summed E-state index contributed by atoms with van der Waals surface area (Å²) in [6, 6.07) is 27.7. The van der Waals surface area contributed by atoms with E-state index in [0.29, 0.717) is 0 Å². The summed E-state index contributed by atoms with van der Waals surface area (Å²) in [5.74, 6) is 0. The number of nitrogens with zero attached hydrogens (tertiary/aromatic N) is 1. The smallest absolute Gasteiger partial charge is 0.0462 e. The zero-order valence-electron chi connectivity index (χ0n) is 11.8. The fraction of sp³-hybridized carbons (Fsp3) is 0.0526. The summed E-state index contributed by atoms with van der Waals surface area (Å²) in [5.41, 5.74) is 4.79. The number of hydrogen-bond donors (Lipinski definition) is 0. The van der Waals surface area contributed by atoms with Crippen LogP contribution in [0.2, 0.25) is 0 Å². The number of benzene rings is 3. The molecule has 21 heavy (non-hydrogen) atoms. The van der Waals surface area contributed by atoms with E-state index in [-0.39, 0.29) is 0 Å². The summed E-state index contributed by atoms with van der Waals surface area (Å²) in [4.78, 5) is 2.27. The second kappa shape index (κ2) is 6.31. The molecule has 0 saturated carbocycles. The van der Waals surface area contributed by atoms with E-state index in [9.17, 15) is 0 Å². The molecule has 0 fully saturated rings. The van der Waals surface area contributed by atoms with Gasteiger partial charge in [0.15, 0.2) is 0 Å². The molecule has 0 atom stereocenters. The van der Waals surface area contributed by atoms with Gasteiger partial charge in [-0.15, -0.1) is 0 Å². The number of para-hydroxylation sites is 1. The molecule has 104 valence electrons. The molecule has 3 aromatic carbocycles. The van der Waals surface area contributed by atoms with Crippen LogP contribution in [0.15, 0.2) is 78.9 Å². The second-order valence-electron chi connectivity index (χ2n) is 4.98. The minimum atomic E-state index is 1.17. The third-order valence-electron chi connectivity index (χ3n) is 3.39. The van der Waals surface area contributed by atoms with E-state index in [1.807, 2.05) is 6.07 Å². The van der Waals surface area contributed by atoms with Crippen molar-refractivity contribution < 1.29 is 0 Å². The molecule has 0 aliphatic heterocycles. The van der Waals surface area contributed by atoms with Crippen molar-refractivity contribution in [2.75, 3.05) is 4.90 Å². The van der Waals surface area contributed by atoms with E-state index in [4.69, 9.17) is 0 Å². The molecule has 0 N–H and O–H groups in total. The fourth-order valence-corrected chi connectivity index (χ4v) is 2.67. The van der Waals surface area contributed by atoms with Crippen LogP contribution in [0, 0.1) is 10.5 Å². The van der Waals surface area contributed by atoms with Gasteiger partial charge in [0, 0.05) is 20.6 Å². The van der Waals surface area contributed by atoms with Crippen molar-refractivity contribution in [3.63, 3.8) is 0 Å². The van der Waals surface area contributed by atoms with Gasteiger partial charge in [-0.3, -0.25) is 0 Å². The van der Waals surface area contributed by atoms with Crippen molar-refractivity contribution in [1.82, 2.24) is 0 Å². The molecule has 3 aromatic rings. The Morgan fingerprint density at radius 2 is 1.10 bits per heavy atom. The van der Waals surface area contributed by atoms with Crippen molar-refractivity contribution in [1.29, 1.82) is 0 Å². The standard InChI is InChI=1S/C19H16IN/c1-15-7-11-18(12-8-15)21(17-5-3-2-4-6-17)19-13-9-16(20)10-14-19/h2-14H,1H3. The van der Waals surface area contributed by atoms with Gasteiger partial charge in [-0.05, 0) is 78.0 Å². The summed E-state index contributed by atoms with van der Waals surface area (Å²) >= 11 is 2.34. The zero-order chi connectivity index (χ0) is 14.7. The Bertz CT molecular complexity index is 657. The maximum atomic E-state index is 2.34. The molecule has 1 nitrogen and oxygen atoms in total. The maximum absolute atomic E-state index is 2.34. The van der Waals surface area contributed by atoms with Crippen molar-refractivity contribution in [3.8, 4) is 0 Å². The van der Waals surface area contributed by atoms with Crippen LogP contribution in [-0.4, -0.2) is 0 Å². The number of aryl methyl sites for hydroxylation is 1. The Morgan fingerprint density at radius 3 is 1.67 bits per heavy atom. The summed E-state index contributed by atoms with van der Waals surface area (Å²) in [7, 11) is 0. The zero-order valence-corrected chi connectivity index (χ0v) is 14.0. The van der Waals surface area contributed by atoms with Crippen molar-refractivity contribution in [2.24, 2.45) is 0 Å². The molecule has 0 radical (unpaired) electrons. The number of rotatable bonds is 3. The van der Waals surface area contributed by atoms with Gasteiger partial charge in [-0.2, -0.15) is 0 Å². The van der Waals surface area contributed by atoms with E-state index in [1.54, 1.807) is 0 Å². The highest BCUT2D eigenvalue weighted by molar-refractivity contribution is 14.1. The molecule has 0 aromatic heterocycles. The van der Waals surface area contributed by atoms with Crippen LogP contribution < -0.4 is 4.90 Å². The molecular formula is C19H16IN. The third kappa shape index (κ3) is 3.27. The minimum Gasteiger partial charge on any atom is -0.311 e.